The van der Waals surface area contributed by atoms with Crippen LogP contribution in [0.4, 0.5) is 8.78 Å². The Morgan fingerprint density at radius 2 is 1.81 bits per heavy atom. The first-order valence-corrected chi connectivity index (χ1v) is 10.3. The molecule has 0 saturated heterocycles. The molecule has 0 aliphatic heterocycles. The third-order valence-electron chi connectivity index (χ3n) is 5.71. The molecule has 0 unspecified atom stereocenters. The number of aromatic nitrogens is 5. The Bertz CT molecular complexity index is 1510. The van der Waals surface area contributed by atoms with Crippen molar-refractivity contribution in [3.05, 3.63) is 70.4 Å². The van der Waals surface area contributed by atoms with Gasteiger partial charge in [0.15, 0.2) is 5.82 Å². The van der Waals surface area contributed by atoms with E-state index in [9.17, 15) is 13.6 Å². The molecule has 164 valence electrons. The zero-order valence-corrected chi connectivity index (χ0v) is 17.3. The number of benzene rings is 2. The summed E-state index contributed by atoms with van der Waals surface area (Å²) in [5.41, 5.74) is 2.80. The molecule has 0 aliphatic rings. The monoisotopic (exact) mass is 437 g/mol. The van der Waals surface area contributed by atoms with Crippen LogP contribution in [0.25, 0.3) is 38.9 Å². The fourth-order valence-electron chi connectivity index (χ4n) is 4.28. The first-order chi connectivity index (χ1) is 15.5. The molecule has 0 atom stereocenters. The lowest BCUT2D eigenvalue weighted by Crippen LogP contribution is -2.15. The average molecular weight is 437 g/mol. The molecular weight excluding hydrogens is 416 g/mol. The second kappa shape index (κ2) is 7.76. The first kappa shape index (κ1) is 20.2. The lowest BCUT2D eigenvalue weighted by atomic mass is 10.1. The van der Waals surface area contributed by atoms with Gasteiger partial charge in [-0.15, -0.1) is 0 Å². The molecule has 0 spiro atoms. The van der Waals surface area contributed by atoms with Gasteiger partial charge in [-0.2, -0.15) is 5.10 Å². The summed E-state index contributed by atoms with van der Waals surface area (Å²) in [6.45, 7) is 2.51. The Balaban J connectivity index is 1.76. The van der Waals surface area contributed by atoms with E-state index in [1.165, 1.54) is 28.8 Å². The van der Waals surface area contributed by atoms with E-state index < -0.39 is 17.3 Å². The summed E-state index contributed by atoms with van der Waals surface area (Å²) >= 11 is 0. The van der Waals surface area contributed by atoms with Crippen LogP contribution in [-0.2, 0) is 6.54 Å². The highest BCUT2D eigenvalue weighted by atomic mass is 19.1. The average Bonchev–Trinajstić information content (AvgIpc) is 3.40. The van der Waals surface area contributed by atoms with Gasteiger partial charge in [0.25, 0.3) is 0 Å². The van der Waals surface area contributed by atoms with Crippen molar-refractivity contribution in [1.82, 2.24) is 24.3 Å². The maximum atomic E-state index is 14.2. The minimum absolute atomic E-state index is 0.0857. The minimum Gasteiger partial charge on any atom is -0.396 e. The molecule has 3 N–H and O–H groups in total. The van der Waals surface area contributed by atoms with Gasteiger partial charge >= 0.3 is 5.69 Å². The molecule has 9 heteroatoms. The van der Waals surface area contributed by atoms with Gasteiger partial charge in [0.05, 0.1) is 11.2 Å². The summed E-state index contributed by atoms with van der Waals surface area (Å²) in [5.74, 6) is -0.511. The predicted molar refractivity (Wildman–Crippen MR) is 118 cm³/mol. The number of aliphatic hydroxyl groups is 1. The maximum Gasteiger partial charge on any atom is 0.348 e. The van der Waals surface area contributed by atoms with Gasteiger partial charge < -0.3 is 14.7 Å². The number of rotatable bonds is 6. The van der Waals surface area contributed by atoms with Crippen molar-refractivity contribution in [2.75, 3.05) is 6.61 Å². The van der Waals surface area contributed by atoms with E-state index in [1.807, 2.05) is 11.5 Å². The molecule has 2 aromatic carbocycles. The van der Waals surface area contributed by atoms with Crippen LogP contribution in [-0.4, -0.2) is 36.0 Å². The molecule has 0 radical (unpaired) electrons. The van der Waals surface area contributed by atoms with E-state index in [1.54, 1.807) is 18.3 Å². The molecule has 0 aliphatic carbocycles. The minimum atomic E-state index is -0.483. The van der Waals surface area contributed by atoms with Gasteiger partial charge in [-0.1, -0.05) is 0 Å². The molecule has 5 aromatic rings. The second-order valence-corrected chi connectivity index (χ2v) is 7.80. The Kier molecular flexibility index (Phi) is 4.90. The number of halogens is 2. The number of hydrogen-bond acceptors (Lipinski definition) is 3. The third kappa shape index (κ3) is 3.21. The predicted octanol–water partition coefficient (Wildman–Crippen LogP) is 4.02. The van der Waals surface area contributed by atoms with Gasteiger partial charge in [0, 0.05) is 46.9 Å². The second-order valence-electron chi connectivity index (χ2n) is 7.80. The van der Waals surface area contributed by atoms with Gasteiger partial charge in [0.2, 0.25) is 0 Å². The number of nitrogens with zero attached hydrogens (tertiary/aromatic N) is 3. The molecule has 7 nitrogen and oxygen atoms in total. The number of unbranched alkanes of at least 4 members (excludes halogenated alkanes) is 1. The van der Waals surface area contributed by atoms with Crippen LogP contribution >= 0.6 is 0 Å². The Hall–Kier alpha value is -3.72. The van der Waals surface area contributed by atoms with E-state index >= 15 is 0 Å². The van der Waals surface area contributed by atoms with Crippen LogP contribution in [0.15, 0.2) is 47.4 Å². The quantitative estimate of drug-likeness (QED) is 0.351. The molecule has 0 amide bonds. The number of aryl methyl sites for hydroxylation is 2. The van der Waals surface area contributed by atoms with Crippen molar-refractivity contribution in [2.45, 2.75) is 26.3 Å². The molecule has 3 heterocycles. The lowest BCUT2D eigenvalue weighted by Gasteiger charge is -2.05. The summed E-state index contributed by atoms with van der Waals surface area (Å²) < 4.78 is 31.5. The summed E-state index contributed by atoms with van der Waals surface area (Å²) in [5, 5.41) is 17.0. The Morgan fingerprint density at radius 1 is 1.06 bits per heavy atom. The number of aromatic amines is 2. The number of H-pyrrole nitrogens is 2. The van der Waals surface area contributed by atoms with Crippen LogP contribution in [0.3, 0.4) is 0 Å². The number of nitrogens with one attached hydrogen (secondary N) is 2. The molecule has 5 rings (SSSR count). The summed E-state index contributed by atoms with van der Waals surface area (Å²) in [7, 11) is 0. The highest BCUT2D eigenvalue weighted by Crippen LogP contribution is 2.34. The molecule has 0 fully saturated rings. The highest BCUT2D eigenvalue weighted by Gasteiger charge is 2.22. The smallest absolute Gasteiger partial charge is 0.348 e. The topological polar surface area (TPSA) is 91.6 Å². The molecule has 3 aromatic heterocycles. The molecule has 0 saturated carbocycles. The Morgan fingerprint density at radius 3 is 2.59 bits per heavy atom. The standard InChI is InChI=1S/C23H21F2N5O2/c1-13-21(16-10-14(24)4-6-18(16)26-13)22-27-28-23(32)30(22)20-12-29(8-2-3-9-31)19-7-5-15(25)11-17(19)20/h4-7,10-12,26,31H,2-3,8-9H2,1H3,(H,28,32). The van der Waals surface area contributed by atoms with Crippen LogP contribution in [0.2, 0.25) is 0 Å². The van der Waals surface area contributed by atoms with E-state index in [0.717, 1.165) is 23.1 Å². The SMILES string of the molecule is Cc1[nH]c2ccc(F)cc2c1-c1n[nH]c(=O)n1-c1cn(CCCCO)c2ccc(F)cc12. The van der Waals surface area contributed by atoms with Gasteiger partial charge in [-0.3, -0.25) is 0 Å². The number of aliphatic hydroxyl groups excluding tert-OH is 1. The normalized spacial score (nSPS) is 11.8. The van der Waals surface area contributed by atoms with Crippen LogP contribution in [0.5, 0.6) is 0 Å². The molecular formula is C23H21F2N5O2. The zero-order chi connectivity index (χ0) is 22.4. The summed E-state index contributed by atoms with van der Waals surface area (Å²) in [6, 6.07) is 8.83. The lowest BCUT2D eigenvalue weighted by molar-refractivity contribution is 0.281. The van der Waals surface area contributed by atoms with E-state index in [-0.39, 0.29) is 6.61 Å². The number of hydrogen-bond donors (Lipinski definition) is 3. The summed E-state index contributed by atoms with van der Waals surface area (Å²) in [6.07, 6.45) is 3.14. The van der Waals surface area contributed by atoms with Crippen molar-refractivity contribution in [1.29, 1.82) is 0 Å². The van der Waals surface area contributed by atoms with Crippen molar-refractivity contribution < 1.29 is 13.9 Å². The van der Waals surface area contributed by atoms with Crippen molar-refractivity contribution in [3.63, 3.8) is 0 Å². The largest absolute Gasteiger partial charge is 0.396 e. The van der Waals surface area contributed by atoms with E-state index in [0.29, 0.717) is 40.8 Å². The van der Waals surface area contributed by atoms with Crippen molar-refractivity contribution >= 4 is 21.8 Å². The zero-order valence-electron chi connectivity index (χ0n) is 17.3. The van der Waals surface area contributed by atoms with Crippen LogP contribution in [0.1, 0.15) is 18.5 Å². The van der Waals surface area contributed by atoms with Crippen molar-refractivity contribution in [3.8, 4) is 17.1 Å². The highest BCUT2D eigenvalue weighted by molar-refractivity contribution is 5.97. The fourth-order valence-corrected chi connectivity index (χ4v) is 4.28. The molecule has 0 bridgehead atoms. The van der Waals surface area contributed by atoms with Crippen LogP contribution < -0.4 is 5.69 Å². The van der Waals surface area contributed by atoms with E-state index in [4.69, 9.17) is 5.11 Å². The fraction of sp³-hybridized carbons (Fsp3) is 0.217. The van der Waals surface area contributed by atoms with E-state index in [2.05, 4.69) is 15.2 Å². The Labute approximate surface area is 180 Å². The van der Waals surface area contributed by atoms with Crippen molar-refractivity contribution in [2.24, 2.45) is 0 Å². The van der Waals surface area contributed by atoms with Crippen LogP contribution in [0, 0.1) is 18.6 Å². The number of fused-ring (bicyclic) bond motifs is 2. The first-order valence-electron chi connectivity index (χ1n) is 10.3. The third-order valence-corrected chi connectivity index (χ3v) is 5.71. The summed E-state index contributed by atoms with van der Waals surface area (Å²) in [4.78, 5) is 16.1. The van der Waals surface area contributed by atoms with Gasteiger partial charge in [-0.05, 0) is 56.2 Å². The van der Waals surface area contributed by atoms with Gasteiger partial charge in [0.1, 0.15) is 11.6 Å². The molecule has 32 heavy (non-hydrogen) atoms. The van der Waals surface area contributed by atoms with Gasteiger partial charge in [-0.25, -0.2) is 23.2 Å². The maximum absolute atomic E-state index is 14.2.